The Hall–Kier alpha value is -4.16. The molecule has 0 radical (unpaired) electrons. The molecule has 0 saturated heterocycles. The molecule has 1 fully saturated rings. The number of pyridine rings is 2. The minimum Gasteiger partial charge on any atom is -0.311 e. The van der Waals surface area contributed by atoms with Gasteiger partial charge >= 0.3 is 0 Å². The van der Waals surface area contributed by atoms with Gasteiger partial charge in [-0.05, 0) is 84.7 Å². The fourth-order valence-corrected chi connectivity index (χ4v) is 6.89. The van der Waals surface area contributed by atoms with Crippen molar-refractivity contribution in [3.8, 4) is 23.6 Å². The molecule has 1 aliphatic rings. The van der Waals surface area contributed by atoms with Crippen LogP contribution in [0.15, 0.2) is 108 Å². The largest absolute Gasteiger partial charge is 0.311 e. The van der Waals surface area contributed by atoms with Crippen molar-refractivity contribution in [2.45, 2.75) is 57.8 Å². The van der Waals surface area contributed by atoms with Crippen molar-refractivity contribution >= 4 is 0 Å². The van der Waals surface area contributed by atoms with Gasteiger partial charge in [0.2, 0.25) is 0 Å². The summed E-state index contributed by atoms with van der Waals surface area (Å²) in [5, 5.41) is 0. The third-order valence-corrected chi connectivity index (χ3v) is 9.58. The highest BCUT2D eigenvalue weighted by Gasteiger charge is 2.34. The molecule has 0 aliphatic heterocycles. The molecule has 4 aromatic rings. The van der Waals surface area contributed by atoms with Crippen LogP contribution in [0.5, 0.6) is 0 Å². The van der Waals surface area contributed by atoms with Crippen molar-refractivity contribution in [1.29, 1.82) is 0 Å². The zero-order valence-electron chi connectivity index (χ0n) is 25.2. The van der Waals surface area contributed by atoms with E-state index in [0.717, 1.165) is 28.9 Å². The average Bonchev–Trinajstić information content (AvgIpc) is 3.03. The normalized spacial score (nSPS) is 18.9. The van der Waals surface area contributed by atoms with E-state index in [0.29, 0.717) is 29.6 Å². The number of allylic oxidation sites excluding steroid dienone is 1. The van der Waals surface area contributed by atoms with Crippen LogP contribution in [0.3, 0.4) is 0 Å². The van der Waals surface area contributed by atoms with Gasteiger partial charge in [-0.1, -0.05) is 92.6 Å². The Morgan fingerprint density at radius 2 is 1.62 bits per heavy atom. The van der Waals surface area contributed by atoms with Gasteiger partial charge in [0.15, 0.2) is 0 Å². The van der Waals surface area contributed by atoms with E-state index in [1.165, 1.54) is 42.4 Å². The summed E-state index contributed by atoms with van der Waals surface area (Å²) in [7, 11) is 1.83. The maximum absolute atomic E-state index is 12.2. The van der Waals surface area contributed by atoms with Crippen LogP contribution in [0.1, 0.15) is 73.8 Å². The van der Waals surface area contributed by atoms with Crippen LogP contribution in [0.4, 0.5) is 0 Å². The highest BCUT2D eigenvalue weighted by molar-refractivity contribution is 5.60. The zero-order chi connectivity index (χ0) is 29.6. The van der Waals surface area contributed by atoms with Crippen molar-refractivity contribution < 1.29 is 0 Å². The van der Waals surface area contributed by atoms with E-state index in [1.807, 2.05) is 31.4 Å². The molecule has 2 aromatic carbocycles. The Morgan fingerprint density at radius 1 is 0.929 bits per heavy atom. The van der Waals surface area contributed by atoms with Crippen LogP contribution in [-0.4, -0.2) is 9.55 Å². The monoisotopic (exact) mass is 554 g/mol. The summed E-state index contributed by atoms with van der Waals surface area (Å²) in [5.74, 6) is 4.90. The second-order valence-electron chi connectivity index (χ2n) is 12.2. The van der Waals surface area contributed by atoms with Crippen molar-refractivity contribution in [3.63, 3.8) is 0 Å². The standard InChI is InChI=1S/C39H42N2O/c1-6-30-15-24-36(40-26-30)29(4)32-16-20-34(21-17-32)39(28(3)27(2)25-31-11-8-7-9-12-31)35-22-18-33(19-23-35)37-13-10-14-38(42)41(37)5/h1,7-15,18-19,22-24,26-27,29,32,34,39H,3,16-17,20-21,25H2,2,4-5H3. The smallest absolute Gasteiger partial charge is 0.250 e. The first kappa shape index (κ1) is 29.3. The third kappa shape index (κ3) is 6.50. The molecule has 3 nitrogen and oxygen atoms in total. The lowest BCUT2D eigenvalue weighted by Gasteiger charge is -2.38. The number of hydrogen-bond donors (Lipinski definition) is 0. The summed E-state index contributed by atoms with van der Waals surface area (Å²) in [6.07, 6.45) is 13.1. The topological polar surface area (TPSA) is 34.9 Å². The lowest BCUT2D eigenvalue weighted by atomic mass is 9.66. The maximum atomic E-state index is 12.2. The summed E-state index contributed by atoms with van der Waals surface area (Å²) >= 11 is 0. The van der Waals surface area contributed by atoms with E-state index in [4.69, 9.17) is 13.0 Å². The molecule has 42 heavy (non-hydrogen) atoms. The van der Waals surface area contributed by atoms with Gasteiger partial charge in [-0.15, -0.1) is 6.42 Å². The van der Waals surface area contributed by atoms with Crippen LogP contribution >= 0.6 is 0 Å². The average molecular weight is 555 g/mol. The molecule has 2 heterocycles. The lowest BCUT2D eigenvalue weighted by molar-refractivity contribution is 0.227. The van der Waals surface area contributed by atoms with Crippen molar-refractivity contribution in [1.82, 2.24) is 9.55 Å². The van der Waals surface area contributed by atoms with Gasteiger partial charge < -0.3 is 4.57 Å². The molecule has 0 bridgehead atoms. The molecule has 2 aromatic heterocycles. The molecule has 214 valence electrons. The fraction of sp³-hybridized carbons (Fsp3) is 0.333. The number of nitrogens with zero attached hydrogens (tertiary/aromatic N) is 2. The van der Waals surface area contributed by atoms with Gasteiger partial charge in [-0.25, -0.2) is 0 Å². The fourth-order valence-electron chi connectivity index (χ4n) is 6.89. The van der Waals surface area contributed by atoms with Crippen LogP contribution in [0.25, 0.3) is 11.3 Å². The van der Waals surface area contributed by atoms with E-state index in [-0.39, 0.29) is 5.56 Å². The SMILES string of the molecule is C#Cc1ccc(C(C)C2CCC(C(C(=C)C(C)Cc3ccccc3)c3ccc(-c4cccc(=O)n4C)cc3)CC2)nc1. The quantitative estimate of drug-likeness (QED) is 0.153. The van der Waals surface area contributed by atoms with Gasteiger partial charge in [-0.3, -0.25) is 9.78 Å². The van der Waals surface area contributed by atoms with Crippen molar-refractivity contribution in [2.24, 2.45) is 24.8 Å². The number of hydrogen-bond acceptors (Lipinski definition) is 2. The highest BCUT2D eigenvalue weighted by Crippen LogP contribution is 2.46. The molecule has 0 amide bonds. The first-order valence-corrected chi connectivity index (χ1v) is 15.3. The minimum absolute atomic E-state index is 0.00532. The van der Waals surface area contributed by atoms with Crippen molar-refractivity contribution in [2.75, 3.05) is 0 Å². The van der Waals surface area contributed by atoms with Crippen LogP contribution in [-0.2, 0) is 13.5 Å². The third-order valence-electron chi connectivity index (χ3n) is 9.58. The van der Waals surface area contributed by atoms with E-state index in [9.17, 15) is 4.79 Å². The molecule has 0 N–H and O–H groups in total. The molecule has 3 atom stereocenters. The molecule has 5 rings (SSSR count). The first-order valence-electron chi connectivity index (χ1n) is 15.3. The van der Waals surface area contributed by atoms with Crippen LogP contribution < -0.4 is 5.56 Å². The van der Waals surface area contributed by atoms with E-state index in [1.54, 1.807) is 10.6 Å². The second-order valence-corrected chi connectivity index (χ2v) is 12.2. The Morgan fingerprint density at radius 3 is 2.26 bits per heavy atom. The summed E-state index contributed by atoms with van der Waals surface area (Å²) < 4.78 is 1.71. The van der Waals surface area contributed by atoms with Crippen molar-refractivity contribution in [3.05, 3.63) is 136 Å². The molecule has 0 spiro atoms. The minimum atomic E-state index is 0.00532. The Labute approximate surface area is 251 Å². The van der Waals surface area contributed by atoms with Gasteiger partial charge in [0.1, 0.15) is 0 Å². The first-order chi connectivity index (χ1) is 20.4. The molecule has 3 unspecified atom stereocenters. The Balaban J connectivity index is 1.37. The predicted octanol–water partition coefficient (Wildman–Crippen LogP) is 8.56. The summed E-state index contributed by atoms with van der Waals surface area (Å²) in [5.41, 5.74) is 7.97. The highest BCUT2D eigenvalue weighted by atomic mass is 16.1. The van der Waals surface area contributed by atoms with Gasteiger partial charge in [-0.2, -0.15) is 0 Å². The molecule has 3 heteroatoms. The Bertz CT molecular complexity index is 1580. The van der Waals surface area contributed by atoms with E-state index >= 15 is 0 Å². The maximum Gasteiger partial charge on any atom is 0.250 e. The van der Waals surface area contributed by atoms with Crippen LogP contribution in [0, 0.1) is 30.1 Å². The van der Waals surface area contributed by atoms with E-state index in [2.05, 4.69) is 85.4 Å². The van der Waals surface area contributed by atoms with Crippen LogP contribution in [0.2, 0.25) is 0 Å². The second kappa shape index (κ2) is 13.2. The van der Waals surface area contributed by atoms with Gasteiger partial charge in [0.25, 0.3) is 5.56 Å². The molecular formula is C39H42N2O. The van der Waals surface area contributed by atoms with E-state index < -0.39 is 0 Å². The number of terminal acetylenes is 1. The molecular weight excluding hydrogens is 512 g/mol. The van der Waals surface area contributed by atoms with Gasteiger partial charge in [0.05, 0.1) is 5.69 Å². The Kier molecular flexibility index (Phi) is 9.23. The predicted molar refractivity (Wildman–Crippen MR) is 174 cm³/mol. The number of benzene rings is 2. The van der Waals surface area contributed by atoms with Gasteiger partial charge in [0, 0.05) is 42.4 Å². The number of aromatic nitrogens is 2. The summed E-state index contributed by atoms with van der Waals surface area (Å²) in [6, 6.07) is 29.2. The lowest BCUT2D eigenvalue weighted by Crippen LogP contribution is -2.26. The zero-order valence-corrected chi connectivity index (χ0v) is 25.2. The summed E-state index contributed by atoms with van der Waals surface area (Å²) in [4.78, 5) is 16.9. The summed E-state index contributed by atoms with van der Waals surface area (Å²) in [6.45, 7) is 9.40. The number of rotatable bonds is 9. The molecule has 1 saturated carbocycles. The molecule has 1 aliphatic carbocycles.